The monoisotopic (exact) mass is 610 g/mol. The number of hydrogen-bond donors (Lipinski definition) is 0. The first-order chi connectivity index (χ1) is 23.7. The van der Waals surface area contributed by atoms with Crippen molar-refractivity contribution in [3.63, 3.8) is 0 Å². The predicted molar refractivity (Wildman–Crippen MR) is 193 cm³/mol. The van der Waals surface area contributed by atoms with Crippen molar-refractivity contribution in [2.45, 2.75) is 0 Å². The fraction of sp³-hybridized carbons (Fsp3) is 0. The number of rotatable bonds is 2. The Morgan fingerprint density at radius 2 is 0.771 bits per heavy atom. The summed E-state index contributed by atoms with van der Waals surface area (Å²) in [4.78, 5) is 9.69. The van der Waals surface area contributed by atoms with Crippen LogP contribution in [0.2, 0.25) is 0 Å². The molecule has 220 valence electrons. The summed E-state index contributed by atoms with van der Waals surface area (Å²) in [5.41, 5.74) is 7.62. The van der Waals surface area contributed by atoms with Crippen molar-refractivity contribution in [3.8, 4) is 23.5 Å². The summed E-state index contributed by atoms with van der Waals surface area (Å²) in [5.74, 6) is 0. The van der Waals surface area contributed by atoms with Gasteiger partial charge in [-0.3, -0.25) is 0 Å². The number of aromatic nitrogens is 4. The highest BCUT2D eigenvalue weighted by atomic mass is 15.0. The van der Waals surface area contributed by atoms with E-state index in [0.29, 0.717) is 11.0 Å². The van der Waals surface area contributed by atoms with Gasteiger partial charge >= 0.3 is 0 Å². The molecule has 10 rings (SSSR count). The van der Waals surface area contributed by atoms with E-state index in [2.05, 4.69) is 118 Å². The molecule has 0 atom stereocenters. The number of nitriles is 2. The van der Waals surface area contributed by atoms with Crippen LogP contribution in [0.1, 0.15) is 11.4 Å². The maximum Gasteiger partial charge on any atom is 0.177 e. The minimum atomic E-state index is 0.0221. The number of nitrogens with zero attached hydrogens (tertiary/aromatic N) is 6. The van der Waals surface area contributed by atoms with Gasteiger partial charge in [0.1, 0.15) is 12.1 Å². The van der Waals surface area contributed by atoms with Crippen LogP contribution in [0.4, 0.5) is 0 Å². The van der Waals surface area contributed by atoms with E-state index in [4.69, 9.17) is 9.97 Å². The van der Waals surface area contributed by atoms with Crippen LogP contribution in [0, 0.1) is 22.7 Å². The van der Waals surface area contributed by atoms with Gasteiger partial charge in [0, 0.05) is 43.7 Å². The topological polar surface area (TPSA) is 83.2 Å². The fourth-order valence-corrected chi connectivity index (χ4v) is 7.55. The molecule has 0 aliphatic heterocycles. The molecule has 0 bridgehead atoms. The van der Waals surface area contributed by atoms with Gasteiger partial charge in [0.15, 0.2) is 11.4 Å². The summed E-state index contributed by atoms with van der Waals surface area (Å²) in [7, 11) is 0. The molecule has 3 heterocycles. The first-order valence-corrected chi connectivity index (χ1v) is 15.7. The Morgan fingerprint density at radius 3 is 1.19 bits per heavy atom. The maximum atomic E-state index is 10.0. The van der Waals surface area contributed by atoms with E-state index in [1.165, 1.54) is 0 Å². The zero-order valence-electron chi connectivity index (χ0n) is 25.4. The summed E-state index contributed by atoms with van der Waals surface area (Å²) in [5, 5.41) is 28.4. The van der Waals surface area contributed by atoms with Crippen LogP contribution >= 0.6 is 0 Å². The Kier molecular flexibility index (Phi) is 5.32. The highest BCUT2D eigenvalue weighted by Crippen LogP contribution is 2.43. The lowest BCUT2D eigenvalue weighted by atomic mass is 9.95. The van der Waals surface area contributed by atoms with Crippen molar-refractivity contribution in [1.29, 1.82) is 10.5 Å². The van der Waals surface area contributed by atoms with E-state index in [0.717, 1.165) is 76.5 Å². The first kappa shape index (κ1) is 26.2. The average molecular weight is 611 g/mol. The Hall–Kier alpha value is -7.02. The molecule has 6 heteroatoms. The van der Waals surface area contributed by atoms with E-state index in [9.17, 15) is 10.5 Å². The van der Waals surface area contributed by atoms with Crippen LogP contribution < -0.4 is 0 Å². The molecule has 10 aromatic rings. The van der Waals surface area contributed by atoms with Crippen molar-refractivity contribution >= 4 is 76.2 Å². The largest absolute Gasteiger partial charge is 0.309 e. The highest BCUT2D eigenvalue weighted by Gasteiger charge is 2.21. The van der Waals surface area contributed by atoms with Crippen LogP contribution in [0.15, 0.2) is 133 Å². The molecular weight excluding hydrogens is 589 g/mol. The van der Waals surface area contributed by atoms with Crippen molar-refractivity contribution in [2.24, 2.45) is 0 Å². The standard InChI is InChI=1S/C42H22N6/c43-23-35-36(24-44)46-42-34-22-40-32(28-16-8-10-18-38(28)48(40)26-13-5-2-6-14-26)20-30(34)29-19-31-27-15-7-9-17-37(27)47(25-11-3-1-4-12-25)39(31)21-33(29)41(42)45-35/h1-22H. The number of para-hydroxylation sites is 4. The van der Waals surface area contributed by atoms with Crippen LogP contribution in [0.3, 0.4) is 0 Å². The van der Waals surface area contributed by atoms with E-state index < -0.39 is 0 Å². The summed E-state index contributed by atoms with van der Waals surface area (Å²) in [6.07, 6.45) is 0. The molecule has 0 fully saturated rings. The van der Waals surface area contributed by atoms with E-state index in [-0.39, 0.29) is 11.4 Å². The molecule has 7 aromatic carbocycles. The van der Waals surface area contributed by atoms with E-state index >= 15 is 0 Å². The molecule has 48 heavy (non-hydrogen) atoms. The molecule has 0 aliphatic rings. The van der Waals surface area contributed by atoms with Crippen LogP contribution in [-0.2, 0) is 0 Å². The summed E-state index contributed by atoms with van der Waals surface area (Å²) >= 11 is 0. The van der Waals surface area contributed by atoms with Crippen molar-refractivity contribution < 1.29 is 0 Å². The van der Waals surface area contributed by atoms with Crippen molar-refractivity contribution in [1.82, 2.24) is 19.1 Å². The van der Waals surface area contributed by atoms with Crippen LogP contribution in [-0.4, -0.2) is 19.1 Å². The quantitative estimate of drug-likeness (QED) is 0.182. The normalized spacial score (nSPS) is 11.7. The molecule has 0 amide bonds. The zero-order chi connectivity index (χ0) is 31.9. The highest BCUT2D eigenvalue weighted by molar-refractivity contribution is 6.30. The van der Waals surface area contributed by atoms with Crippen LogP contribution in [0.5, 0.6) is 0 Å². The Balaban J connectivity index is 1.46. The molecular formula is C42H22N6. The fourth-order valence-electron chi connectivity index (χ4n) is 7.55. The maximum absolute atomic E-state index is 10.0. The van der Waals surface area contributed by atoms with E-state index in [1.807, 2.05) is 36.4 Å². The Morgan fingerprint density at radius 1 is 0.375 bits per heavy atom. The number of hydrogen-bond acceptors (Lipinski definition) is 4. The van der Waals surface area contributed by atoms with Gasteiger partial charge in [-0.1, -0.05) is 72.8 Å². The molecule has 0 saturated carbocycles. The number of benzene rings is 7. The average Bonchev–Trinajstić information content (AvgIpc) is 3.65. The van der Waals surface area contributed by atoms with Crippen molar-refractivity contribution in [3.05, 3.63) is 145 Å². The van der Waals surface area contributed by atoms with Gasteiger partial charge in [0.25, 0.3) is 0 Å². The van der Waals surface area contributed by atoms with Gasteiger partial charge < -0.3 is 9.13 Å². The van der Waals surface area contributed by atoms with Gasteiger partial charge in [-0.15, -0.1) is 0 Å². The molecule has 0 spiro atoms. The summed E-state index contributed by atoms with van der Waals surface area (Å²) < 4.78 is 4.55. The smallest absolute Gasteiger partial charge is 0.177 e. The third-order valence-electron chi connectivity index (χ3n) is 9.56. The summed E-state index contributed by atoms with van der Waals surface area (Å²) in [6, 6.07) is 50.7. The number of fused-ring (bicyclic) bond motifs is 12. The molecule has 3 aromatic heterocycles. The second-order valence-corrected chi connectivity index (χ2v) is 12.0. The van der Waals surface area contributed by atoms with Crippen LogP contribution in [0.25, 0.3) is 87.6 Å². The molecule has 6 nitrogen and oxygen atoms in total. The van der Waals surface area contributed by atoms with Gasteiger partial charge in [0.05, 0.1) is 33.1 Å². The van der Waals surface area contributed by atoms with Crippen molar-refractivity contribution in [2.75, 3.05) is 0 Å². The minimum absolute atomic E-state index is 0.0221. The van der Waals surface area contributed by atoms with Gasteiger partial charge in [-0.25, -0.2) is 9.97 Å². The molecule has 0 saturated heterocycles. The zero-order valence-corrected chi connectivity index (χ0v) is 25.4. The lowest BCUT2D eigenvalue weighted by molar-refractivity contribution is 1.18. The predicted octanol–water partition coefficient (Wildman–Crippen LogP) is 9.87. The second-order valence-electron chi connectivity index (χ2n) is 12.0. The molecule has 0 unspecified atom stereocenters. The molecule has 0 radical (unpaired) electrons. The van der Waals surface area contributed by atoms with E-state index in [1.54, 1.807) is 0 Å². The lowest BCUT2D eigenvalue weighted by Crippen LogP contribution is -1.99. The van der Waals surface area contributed by atoms with Gasteiger partial charge in [-0.05, 0) is 71.4 Å². The summed E-state index contributed by atoms with van der Waals surface area (Å²) in [6.45, 7) is 0. The minimum Gasteiger partial charge on any atom is -0.309 e. The third kappa shape index (κ3) is 3.49. The first-order valence-electron chi connectivity index (χ1n) is 15.7. The SMILES string of the molecule is N#Cc1nc2c3cc4c(cc3c3cc5c6ccccc6n(-c6ccccc6)c5cc3c2nc1C#N)c1ccccc1n4-c1ccccc1. The lowest BCUT2D eigenvalue weighted by Gasteiger charge is -2.13. The van der Waals surface area contributed by atoms with Gasteiger partial charge in [0.2, 0.25) is 0 Å². The molecule has 0 N–H and O–H groups in total. The Labute approximate surface area is 273 Å². The molecule has 0 aliphatic carbocycles. The Bertz CT molecular complexity index is 2860. The van der Waals surface area contributed by atoms with Gasteiger partial charge in [-0.2, -0.15) is 10.5 Å². The third-order valence-corrected chi connectivity index (χ3v) is 9.56. The second kappa shape index (κ2) is 9.74.